The molecule has 1 amide bonds. The number of carbonyl (C=O) groups excluding carboxylic acids is 1. The highest BCUT2D eigenvalue weighted by Gasteiger charge is 2.33. The Kier molecular flexibility index (Phi) is 6.76. The van der Waals surface area contributed by atoms with Crippen molar-refractivity contribution in [3.05, 3.63) is 82.5 Å². The minimum absolute atomic E-state index is 0.160. The monoisotopic (exact) mass is 462 g/mol. The Hall–Kier alpha value is -3.62. The van der Waals surface area contributed by atoms with Crippen LogP contribution in [-0.2, 0) is 9.53 Å². The molecule has 4 rings (SSSR count). The van der Waals surface area contributed by atoms with Gasteiger partial charge in [-0.2, -0.15) is 0 Å². The zero-order valence-electron chi connectivity index (χ0n) is 18.1. The number of hydrogen-bond acceptors (Lipinski definition) is 6. The van der Waals surface area contributed by atoms with E-state index in [0.29, 0.717) is 34.7 Å². The van der Waals surface area contributed by atoms with Crippen molar-refractivity contribution in [2.24, 2.45) is 4.99 Å². The quantitative estimate of drug-likeness (QED) is 0.485. The number of rotatable bonds is 7. The van der Waals surface area contributed by atoms with E-state index in [1.165, 1.54) is 11.8 Å². The molecule has 0 spiro atoms. The van der Waals surface area contributed by atoms with Crippen LogP contribution in [0.5, 0.6) is 0 Å². The van der Waals surface area contributed by atoms with E-state index in [0.717, 1.165) is 16.8 Å². The zero-order chi connectivity index (χ0) is 23.4. The number of thioether (sulfide) groups is 1. The van der Waals surface area contributed by atoms with Crippen LogP contribution in [0.4, 0.5) is 5.69 Å². The second-order valence-corrected chi connectivity index (χ2v) is 8.34. The number of amidine groups is 1. The normalized spacial score (nSPS) is 16.2. The molecule has 0 aliphatic carbocycles. The van der Waals surface area contributed by atoms with E-state index in [4.69, 9.17) is 14.3 Å². The molecule has 1 saturated heterocycles. The van der Waals surface area contributed by atoms with Crippen LogP contribution in [0, 0.1) is 6.92 Å². The molecule has 2 aromatic carbocycles. The number of aliphatic imine (C=N–C) groups is 1. The van der Waals surface area contributed by atoms with Crippen molar-refractivity contribution >= 4 is 40.6 Å². The highest BCUT2D eigenvalue weighted by Crippen LogP contribution is 2.35. The molecule has 7 nitrogen and oxygen atoms in total. The molecule has 1 aliphatic rings. The number of carbonyl (C=O) groups is 2. The second kappa shape index (κ2) is 9.89. The SMILES string of the molecule is COCCN1C(=O)/C(=C/c2ccc(-c3ccc(C(=O)O)cc3C)o2)SC1=Nc1ccccc1. The summed E-state index contributed by atoms with van der Waals surface area (Å²) in [6, 6.07) is 17.9. The lowest BCUT2D eigenvalue weighted by atomic mass is 10.0. The van der Waals surface area contributed by atoms with Gasteiger partial charge in [-0.1, -0.05) is 24.3 Å². The molecule has 2 heterocycles. The molecule has 1 aromatic heterocycles. The number of furan rings is 1. The number of ether oxygens (including phenoxy) is 1. The van der Waals surface area contributed by atoms with Crippen LogP contribution in [0.25, 0.3) is 17.4 Å². The topological polar surface area (TPSA) is 92.3 Å². The first-order valence-electron chi connectivity index (χ1n) is 10.2. The van der Waals surface area contributed by atoms with Gasteiger partial charge in [-0.05, 0) is 60.6 Å². The largest absolute Gasteiger partial charge is 0.478 e. The minimum Gasteiger partial charge on any atom is -0.478 e. The predicted octanol–water partition coefficient (Wildman–Crippen LogP) is 5.20. The van der Waals surface area contributed by atoms with Crippen molar-refractivity contribution in [2.45, 2.75) is 6.92 Å². The van der Waals surface area contributed by atoms with Crippen molar-refractivity contribution in [1.29, 1.82) is 0 Å². The minimum atomic E-state index is -0.975. The standard InChI is InChI=1S/C25H22N2O5S/c1-16-14-17(24(29)30)8-10-20(16)21-11-9-19(32-21)15-22-23(28)27(12-13-31-2)25(33-22)26-18-6-4-3-5-7-18/h3-11,14-15H,12-13H2,1-2H3,(H,29,30)/b22-15-,26-25?. The highest BCUT2D eigenvalue weighted by molar-refractivity contribution is 8.18. The van der Waals surface area contributed by atoms with E-state index in [1.807, 2.05) is 37.3 Å². The number of carboxylic acids is 1. The fraction of sp³-hybridized carbons (Fsp3) is 0.160. The Morgan fingerprint density at radius 1 is 1.18 bits per heavy atom. The molecular formula is C25H22N2O5S. The fourth-order valence-electron chi connectivity index (χ4n) is 3.36. The summed E-state index contributed by atoms with van der Waals surface area (Å²) in [5.74, 6) is -0.0136. The van der Waals surface area contributed by atoms with Crippen LogP contribution in [0.3, 0.4) is 0 Å². The number of hydrogen-bond donors (Lipinski definition) is 1. The molecule has 0 bridgehead atoms. The van der Waals surface area contributed by atoms with Crippen molar-refractivity contribution in [2.75, 3.05) is 20.3 Å². The Morgan fingerprint density at radius 3 is 2.67 bits per heavy atom. The van der Waals surface area contributed by atoms with E-state index in [1.54, 1.807) is 48.4 Å². The van der Waals surface area contributed by atoms with E-state index in [-0.39, 0.29) is 11.5 Å². The summed E-state index contributed by atoms with van der Waals surface area (Å²) in [5.41, 5.74) is 2.57. The summed E-state index contributed by atoms with van der Waals surface area (Å²) in [6.45, 7) is 2.62. The molecule has 1 aliphatic heterocycles. The number of carboxylic acid groups (broad SMARTS) is 1. The van der Waals surface area contributed by atoms with Crippen LogP contribution in [-0.4, -0.2) is 47.3 Å². The smallest absolute Gasteiger partial charge is 0.335 e. The van der Waals surface area contributed by atoms with Gasteiger partial charge in [0, 0.05) is 18.7 Å². The molecule has 33 heavy (non-hydrogen) atoms. The van der Waals surface area contributed by atoms with Crippen molar-refractivity contribution in [3.8, 4) is 11.3 Å². The lowest BCUT2D eigenvalue weighted by Gasteiger charge is -2.14. The van der Waals surface area contributed by atoms with Gasteiger partial charge in [0.15, 0.2) is 5.17 Å². The maximum Gasteiger partial charge on any atom is 0.335 e. The zero-order valence-corrected chi connectivity index (χ0v) is 19.0. The van der Waals surface area contributed by atoms with Crippen molar-refractivity contribution in [3.63, 3.8) is 0 Å². The molecule has 0 unspecified atom stereocenters. The highest BCUT2D eigenvalue weighted by atomic mass is 32.2. The molecule has 0 atom stereocenters. The lowest BCUT2D eigenvalue weighted by molar-refractivity contribution is -0.122. The van der Waals surface area contributed by atoms with Gasteiger partial charge in [-0.15, -0.1) is 0 Å². The fourth-order valence-corrected chi connectivity index (χ4v) is 4.37. The number of methoxy groups -OCH3 is 1. The third-order valence-electron chi connectivity index (χ3n) is 5.03. The Bertz CT molecular complexity index is 1250. The molecule has 1 fully saturated rings. The summed E-state index contributed by atoms with van der Waals surface area (Å²) < 4.78 is 11.1. The first-order valence-corrected chi connectivity index (χ1v) is 11.1. The Morgan fingerprint density at radius 2 is 1.97 bits per heavy atom. The summed E-state index contributed by atoms with van der Waals surface area (Å²) in [4.78, 5) is 31.0. The summed E-state index contributed by atoms with van der Waals surface area (Å²) in [7, 11) is 1.59. The number of benzene rings is 2. The molecule has 0 radical (unpaired) electrons. The molecule has 0 saturated carbocycles. The summed E-state index contributed by atoms with van der Waals surface area (Å²) in [6.07, 6.45) is 1.70. The molecule has 1 N–H and O–H groups in total. The van der Waals surface area contributed by atoms with Gasteiger partial charge in [0.2, 0.25) is 0 Å². The van der Waals surface area contributed by atoms with Crippen molar-refractivity contribution < 1.29 is 23.8 Å². The number of aryl methyl sites for hydroxylation is 1. The number of amides is 1. The molecule has 168 valence electrons. The third kappa shape index (κ3) is 5.08. The van der Waals surface area contributed by atoms with E-state index in [2.05, 4.69) is 4.99 Å². The van der Waals surface area contributed by atoms with Crippen LogP contribution in [0.15, 0.2) is 75.0 Å². The van der Waals surface area contributed by atoms with Crippen molar-refractivity contribution in [1.82, 2.24) is 4.90 Å². The first-order chi connectivity index (χ1) is 16.0. The predicted molar refractivity (Wildman–Crippen MR) is 129 cm³/mol. The van der Waals surface area contributed by atoms with E-state index < -0.39 is 5.97 Å². The average molecular weight is 463 g/mol. The van der Waals surface area contributed by atoms with Gasteiger partial charge in [-0.25, -0.2) is 9.79 Å². The Labute approximate surface area is 195 Å². The summed E-state index contributed by atoms with van der Waals surface area (Å²) >= 11 is 1.29. The van der Waals surface area contributed by atoms with Gasteiger partial charge in [0.1, 0.15) is 11.5 Å². The van der Waals surface area contributed by atoms with E-state index in [9.17, 15) is 9.59 Å². The second-order valence-electron chi connectivity index (χ2n) is 7.33. The van der Waals surface area contributed by atoms with Crippen LogP contribution in [0.1, 0.15) is 21.7 Å². The van der Waals surface area contributed by atoms with Crippen LogP contribution >= 0.6 is 11.8 Å². The van der Waals surface area contributed by atoms with Gasteiger partial charge in [-0.3, -0.25) is 9.69 Å². The number of nitrogens with zero attached hydrogens (tertiary/aromatic N) is 2. The van der Waals surface area contributed by atoms with Gasteiger partial charge < -0.3 is 14.3 Å². The third-order valence-corrected chi connectivity index (χ3v) is 6.03. The van der Waals surface area contributed by atoms with E-state index >= 15 is 0 Å². The lowest BCUT2D eigenvalue weighted by Crippen LogP contribution is -2.32. The van der Waals surface area contributed by atoms with Gasteiger partial charge in [0.05, 0.1) is 29.3 Å². The molecular weight excluding hydrogens is 440 g/mol. The average Bonchev–Trinajstić information content (AvgIpc) is 3.38. The van der Waals surface area contributed by atoms with Gasteiger partial charge in [0.25, 0.3) is 5.91 Å². The summed E-state index contributed by atoms with van der Waals surface area (Å²) in [5, 5.41) is 9.75. The maximum atomic E-state index is 13.1. The van der Waals surface area contributed by atoms with Crippen LogP contribution in [0.2, 0.25) is 0 Å². The molecule has 3 aromatic rings. The first kappa shape index (κ1) is 22.6. The van der Waals surface area contributed by atoms with Crippen LogP contribution < -0.4 is 0 Å². The molecule has 8 heteroatoms. The number of aromatic carboxylic acids is 1. The van der Waals surface area contributed by atoms with Gasteiger partial charge >= 0.3 is 5.97 Å². The Balaban J connectivity index is 1.61. The number of para-hydroxylation sites is 1. The maximum absolute atomic E-state index is 13.1.